The van der Waals surface area contributed by atoms with Crippen LogP contribution < -0.4 is 15.5 Å². The lowest BCUT2D eigenvalue weighted by molar-refractivity contribution is 0.251. The minimum Gasteiger partial charge on any atom is -0.355 e. The summed E-state index contributed by atoms with van der Waals surface area (Å²) in [7, 11) is 0. The number of thioether (sulfide) groups is 1. The average molecular weight is 356 g/mol. The molecule has 5 nitrogen and oxygen atoms in total. The minimum absolute atomic E-state index is 0.193. The highest BCUT2D eigenvalue weighted by atomic mass is 32.2. The van der Waals surface area contributed by atoms with Crippen LogP contribution in [0, 0.1) is 13.8 Å². The second-order valence-electron chi connectivity index (χ2n) is 6.18. The van der Waals surface area contributed by atoms with Crippen molar-refractivity contribution in [1.82, 2.24) is 10.3 Å². The summed E-state index contributed by atoms with van der Waals surface area (Å²) < 4.78 is 0. The topological polar surface area (TPSA) is 57.3 Å². The minimum atomic E-state index is -0.193. The van der Waals surface area contributed by atoms with Gasteiger partial charge in [-0.15, -0.1) is 0 Å². The third kappa shape index (κ3) is 4.66. The van der Waals surface area contributed by atoms with Crippen LogP contribution in [-0.2, 0) is 6.54 Å². The van der Waals surface area contributed by atoms with Gasteiger partial charge >= 0.3 is 6.03 Å². The van der Waals surface area contributed by atoms with Crippen LogP contribution in [0.1, 0.15) is 16.7 Å². The van der Waals surface area contributed by atoms with Crippen molar-refractivity contribution < 1.29 is 4.79 Å². The van der Waals surface area contributed by atoms with Gasteiger partial charge in [0.15, 0.2) is 0 Å². The Hall–Kier alpha value is -2.21. The standard InChI is InChI=1S/C19H24N4OS/c1-14-4-3-5-17(15(14)2)22-19(24)21-13-16-6-7-20-18(12-16)23-8-10-25-11-9-23/h3-7,12H,8-11,13H2,1-2H3,(H2,21,22,24). The van der Waals surface area contributed by atoms with Crippen molar-refractivity contribution in [2.75, 3.05) is 34.8 Å². The van der Waals surface area contributed by atoms with E-state index in [-0.39, 0.29) is 6.03 Å². The van der Waals surface area contributed by atoms with Crippen LogP contribution >= 0.6 is 11.8 Å². The van der Waals surface area contributed by atoms with Crippen molar-refractivity contribution in [2.24, 2.45) is 0 Å². The number of hydrogen-bond donors (Lipinski definition) is 2. The summed E-state index contributed by atoms with van der Waals surface area (Å²) in [4.78, 5) is 19.0. The normalized spacial score (nSPS) is 14.2. The van der Waals surface area contributed by atoms with Gasteiger partial charge in [0.25, 0.3) is 0 Å². The van der Waals surface area contributed by atoms with Gasteiger partial charge in [-0.1, -0.05) is 12.1 Å². The number of anilines is 2. The first-order chi connectivity index (χ1) is 12.1. The lowest BCUT2D eigenvalue weighted by Gasteiger charge is -2.27. The number of carbonyl (C=O) groups excluding carboxylic acids is 1. The van der Waals surface area contributed by atoms with Crippen molar-refractivity contribution in [3.8, 4) is 0 Å². The number of rotatable bonds is 4. The molecule has 1 fully saturated rings. The van der Waals surface area contributed by atoms with Gasteiger partial charge in [-0.05, 0) is 48.7 Å². The van der Waals surface area contributed by atoms with Gasteiger partial charge in [-0.2, -0.15) is 11.8 Å². The van der Waals surface area contributed by atoms with Gasteiger partial charge < -0.3 is 15.5 Å². The molecule has 0 bridgehead atoms. The van der Waals surface area contributed by atoms with E-state index in [1.54, 1.807) is 0 Å². The zero-order chi connectivity index (χ0) is 17.6. The molecule has 1 aromatic heterocycles. The Morgan fingerprint density at radius 1 is 1.24 bits per heavy atom. The molecule has 2 aromatic rings. The maximum atomic E-state index is 12.2. The molecular formula is C19H24N4OS. The predicted molar refractivity (Wildman–Crippen MR) is 106 cm³/mol. The van der Waals surface area contributed by atoms with Crippen LogP contribution in [0.5, 0.6) is 0 Å². The summed E-state index contributed by atoms with van der Waals surface area (Å²) in [5.74, 6) is 3.28. The molecule has 1 aliphatic heterocycles. The summed E-state index contributed by atoms with van der Waals surface area (Å²) in [5, 5.41) is 5.84. The largest absolute Gasteiger partial charge is 0.355 e. The number of aryl methyl sites for hydroxylation is 1. The van der Waals surface area contributed by atoms with Gasteiger partial charge in [-0.3, -0.25) is 0 Å². The van der Waals surface area contributed by atoms with E-state index in [1.807, 2.05) is 56.1 Å². The quantitative estimate of drug-likeness (QED) is 0.879. The van der Waals surface area contributed by atoms with Crippen molar-refractivity contribution in [3.63, 3.8) is 0 Å². The second-order valence-corrected chi connectivity index (χ2v) is 7.40. The molecule has 3 rings (SSSR count). The first-order valence-corrected chi connectivity index (χ1v) is 9.67. The molecule has 2 amide bonds. The van der Waals surface area contributed by atoms with E-state index in [0.717, 1.165) is 52.8 Å². The number of nitrogens with one attached hydrogen (secondary N) is 2. The van der Waals surface area contributed by atoms with Gasteiger partial charge in [-0.25, -0.2) is 9.78 Å². The SMILES string of the molecule is Cc1cccc(NC(=O)NCc2ccnc(N3CCSCC3)c2)c1C. The maximum Gasteiger partial charge on any atom is 0.319 e. The number of amides is 2. The van der Waals surface area contributed by atoms with Crippen molar-refractivity contribution in [1.29, 1.82) is 0 Å². The lowest BCUT2D eigenvalue weighted by Crippen LogP contribution is -2.33. The Morgan fingerprint density at radius 2 is 2.04 bits per heavy atom. The molecule has 0 spiro atoms. The molecule has 2 heterocycles. The highest BCUT2D eigenvalue weighted by Gasteiger charge is 2.13. The fraction of sp³-hybridized carbons (Fsp3) is 0.368. The summed E-state index contributed by atoms with van der Waals surface area (Å²) in [6.07, 6.45) is 1.82. The molecule has 1 saturated heterocycles. The van der Waals surface area contributed by atoms with E-state index in [9.17, 15) is 4.79 Å². The number of aromatic nitrogens is 1. The van der Waals surface area contributed by atoms with Crippen molar-refractivity contribution in [2.45, 2.75) is 20.4 Å². The maximum absolute atomic E-state index is 12.2. The Kier molecular flexibility index (Phi) is 5.81. The van der Waals surface area contributed by atoms with Crippen molar-refractivity contribution in [3.05, 3.63) is 53.2 Å². The number of nitrogens with zero attached hydrogens (tertiary/aromatic N) is 2. The Bertz CT molecular complexity index is 744. The van der Waals surface area contributed by atoms with Crippen LogP contribution in [0.2, 0.25) is 0 Å². The zero-order valence-corrected chi connectivity index (χ0v) is 15.5. The van der Waals surface area contributed by atoms with E-state index in [0.29, 0.717) is 6.54 Å². The highest BCUT2D eigenvalue weighted by molar-refractivity contribution is 7.99. The molecule has 132 valence electrons. The molecule has 1 aromatic carbocycles. The molecule has 0 aliphatic carbocycles. The Morgan fingerprint density at radius 3 is 2.84 bits per heavy atom. The number of carbonyl (C=O) groups is 1. The van der Waals surface area contributed by atoms with E-state index in [2.05, 4.69) is 26.6 Å². The van der Waals surface area contributed by atoms with Crippen LogP contribution in [0.4, 0.5) is 16.3 Å². The summed E-state index contributed by atoms with van der Waals surface area (Å²) >= 11 is 1.98. The fourth-order valence-corrected chi connectivity index (χ4v) is 3.67. The van der Waals surface area contributed by atoms with Gasteiger partial charge in [0.05, 0.1) is 0 Å². The summed E-state index contributed by atoms with van der Waals surface area (Å²) in [6.45, 7) is 6.59. The van der Waals surface area contributed by atoms with Gasteiger partial charge in [0.1, 0.15) is 5.82 Å². The smallest absolute Gasteiger partial charge is 0.319 e. The van der Waals surface area contributed by atoms with Crippen molar-refractivity contribution >= 4 is 29.3 Å². The first kappa shape index (κ1) is 17.6. The third-order valence-electron chi connectivity index (χ3n) is 4.45. The van der Waals surface area contributed by atoms with Gasteiger partial charge in [0, 0.05) is 43.0 Å². The van der Waals surface area contributed by atoms with Crippen LogP contribution in [0.25, 0.3) is 0 Å². The molecule has 25 heavy (non-hydrogen) atoms. The van der Waals surface area contributed by atoms with E-state index >= 15 is 0 Å². The summed E-state index contributed by atoms with van der Waals surface area (Å²) in [6, 6.07) is 9.72. The number of pyridine rings is 1. The molecule has 0 saturated carbocycles. The number of urea groups is 1. The molecule has 6 heteroatoms. The highest BCUT2D eigenvalue weighted by Crippen LogP contribution is 2.19. The fourth-order valence-electron chi connectivity index (χ4n) is 2.77. The molecular weight excluding hydrogens is 332 g/mol. The summed E-state index contributed by atoms with van der Waals surface area (Å²) in [5.41, 5.74) is 4.15. The monoisotopic (exact) mass is 356 g/mol. The molecule has 2 N–H and O–H groups in total. The second kappa shape index (κ2) is 8.25. The molecule has 0 unspecified atom stereocenters. The van der Waals surface area contributed by atoms with Gasteiger partial charge in [0.2, 0.25) is 0 Å². The van der Waals surface area contributed by atoms with E-state index < -0.39 is 0 Å². The number of hydrogen-bond acceptors (Lipinski definition) is 4. The molecule has 0 radical (unpaired) electrons. The first-order valence-electron chi connectivity index (χ1n) is 8.52. The Labute approximate surface area is 153 Å². The van der Waals surface area contributed by atoms with E-state index in [4.69, 9.17) is 0 Å². The molecule has 0 atom stereocenters. The molecule has 1 aliphatic rings. The predicted octanol–water partition coefficient (Wildman–Crippen LogP) is 3.57. The average Bonchev–Trinajstić information content (AvgIpc) is 2.65. The van der Waals surface area contributed by atoms with E-state index in [1.165, 1.54) is 0 Å². The van der Waals surface area contributed by atoms with Crippen LogP contribution in [0.15, 0.2) is 36.5 Å². The van der Waals surface area contributed by atoms with Crippen LogP contribution in [0.3, 0.4) is 0 Å². The zero-order valence-electron chi connectivity index (χ0n) is 14.7. The van der Waals surface area contributed by atoms with Crippen LogP contribution in [-0.4, -0.2) is 35.6 Å². The Balaban J connectivity index is 1.57. The lowest BCUT2D eigenvalue weighted by atomic mass is 10.1. The third-order valence-corrected chi connectivity index (χ3v) is 5.39. The number of benzene rings is 1.